The molecule has 2 aromatic carbocycles. The number of halogens is 2. The Balaban J connectivity index is 2.43. The molecule has 0 aliphatic carbocycles. The number of hydrogen-bond donors (Lipinski definition) is 2. The number of sulfonamides is 1. The Morgan fingerprint density at radius 2 is 1.86 bits per heavy atom. The standard InChI is InChI=1S/C13H10FIN2O3S/c14-8-5-6-12(21(16,19)20)11(7-8)17-13(18)9-3-1-2-4-10(9)15/h1-7H,(H,17,18)(H2,16,19,20). The summed E-state index contributed by atoms with van der Waals surface area (Å²) in [7, 11) is -4.07. The van der Waals surface area contributed by atoms with Crippen LogP contribution in [0.1, 0.15) is 10.4 Å². The number of rotatable bonds is 3. The van der Waals surface area contributed by atoms with Gasteiger partial charge in [-0.05, 0) is 52.9 Å². The van der Waals surface area contributed by atoms with Crippen molar-refractivity contribution in [1.82, 2.24) is 0 Å². The van der Waals surface area contributed by atoms with Gasteiger partial charge in [0.25, 0.3) is 5.91 Å². The van der Waals surface area contributed by atoms with Crippen LogP contribution in [-0.2, 0) is 10.0 Å². The van der Waals surface area contributed by atoms with Gasteiger partial charge < -0.3 is 5.32 Å². The first-order valence-corrected chi connectivity index (χ1v) is 8.30. The topological polar surface area (TPSA) is 89.3 Å². The smallest absolute Gasteiger partial charge is 0.256 e. The number of carbonyl (C=O) groups is 1. The van der Waals surface area contributed by atoms with Crippen molar-refractivity contribution in [3.8, 4) is 0 Å². The van der Waals surface area contributed by atoms with Crippen molar-refractivity contribution >= 4 is 44.2 Å². The van der Waals surface area contributed by atoms with Crippen molar-refractivity contribution in [3.63, 3.8) is 0 Å². The van der Waals surface area contributed by atoms with Gasteiger partial charge in [-0.15, -0.1) is 0 Å². The molecule has 0 aliphatic heterocycles. The van der Waals surface area contributed by atoms with Crippen LogP contribution in [0.15, 0.2) is 47.4 Å². The maximum absolute atomic E-state index is 13.3. The molecule has 110 valence electrons. The number of hydrogen-bond acceptors (Lipinski definition) is 3. The van der Waals surface area contributed by atoms with Crippen LogP contribution in [0.3, 0.4) is 0 Å². The molecule has 3 N–H and O–H groups in total. The summed E-state index contributed by atoms with van der Waals surface area (Å²) in [5.74, 6) is -1.23. The van der Waals surface area contributed by atoms with E-state index in [0.717, 1.165) is 18.2 Å². The van der Waals surface area contributed by atoms with Gasteiger partial charge in [0.15, 0.2) is 0 Å². The lowest BCUT2D eigenvalue weighted by Gasteiger charge is -2.10. The zero-order chi connectivity index (χ0) is 15.6. The zero-order valence-corrected chi connectivity index (χ0v) is 13.5. The number of anilines is 1. The second-order valence-electron chi connectivity index (χ2n) is 4.12. The fraction of sp³-hybridized carbons (Fsp3) is 0. The molecular formula is C13H10FIN2O3S. The second kappa shape index (κ2) is 6.08. The molecule has 0 saturated heterocycles. The quantitative estimate of drug-likeness (QED) is 0.748. The third-order valence-electron chi connectivity index (χ3n) is 2.61. The second-order valence-corrected chi connectivity index (χ2v) is 6.81. The average Bonchev–Trinajstić information content (AvgIpc) is 2.37. The van der Waals surface area contributed by atoms with Crippen LogP contribution in [0, 0.1) is 9.39 Å². The normalized spacial score (nSPS) is 11.2. The third-order valence-corrected chi connectivity index (χ3v) is 4.52. The maximum Gasteiger partial charge on any atom is 0.256 e. The molecule has 8 heteroatoms. The number of nitrogens with two attached hydrogens (primary N) is 1. The van der Waals surface area contributed by atoms with Crippen LogP contribution in [-0.4, -0.2) is 14.3 Å². The molecule has 0 unspecified atom stereocenters. The first-order valence-electron chi connectivity index (χ1n) is 5.67. The van der Waals surface area contributed by atoms with Gasteiger partial charge in [-0.2, -0.15) is 0 Å². The van der Waals surface area contributed by atoms with E-state index in [1.54, 1.807) is 24.3 Å². The van der Waals surface area contributed by atoms with Crippen molar-refractivity contribution in [1.29, 1.82) is 0 Å². The predicted molar refractivity (Wildman–Crippen MR) is 84.9 cm³/mol. The monoisotopic (exact) mass is 420 g/mol. The Kier molecular flexibility index (Phi) is 4.59. The van der Waals surface area contributed by atoms with Gasteiger partial charge in [0.2, 0.25) is 10.0 Å². The lowest BCUT2D eigenvalue weighted by atomic mass is 10.2. The predicted octanol–water partition coefficient (Wildman–Crippen LogP) is 2.33. The Hall–Kier alpha value is -1.52. The molecule has 0 bridgehead atoms. The molecule has 0 aliphatic rings. The van der Waals surface area contributed by atoms with E-state index >= 15 is 0 Å². The molecule has 0 spiro atoms. The van der Waals surface area contributed by atoms with Gasteiger partial charge in [0.05, 0.1) is 11.3 Å². The summed E-state index contributed by atoms with van der Waals surface area (Å²) in [5, 5.41) is 7.42. The number of nitrogens with one attached hydrogen (secondary N) is 1. The van der Waals surface area contributed by atoms with Crippen molar-refractivity contribution < 1.29 is 17.6 Å². The molecule has 2 rings (SSSR count). The minimum absolute atomic E-state index is 0.192. The first-order chi connectivity index (χ1) is 9.79. The molecular weight excluding hydrogens is 410 g/mol. The molecule has 2 aromatic rings. The van der Waals surface area contributed by atoms with Gasteiger partial charge in [-0.3, -0.25) is 4.79 Å². The molecule has 0 heterocycles. The highest BCUT2D eigenvalue weighted by Gasteiger charge is 2.18. The Morgan fingerprint density at radius 3 is 2.48 bits per heavy atom. The largest absolute Gasteiger partial charge is 0.321 e. The lowest BCUT2D eigenvalue weighted by Crippen LogP contribution is -2.19. The minimum atomic E-state index is -4.07. The van der Waals surface area contributed by atoms with Gasteiger partial charge in [0, 0.05) is 3.57 Å². The highest BCUT2D eigenvalue weighted by Crippen LogP contribution is 2.22. The maximum atomic E-state index is 13.3. The van der Waals surface area contributed by atoms with E-state index in [4.69, 9.17) is 5.14 Å². The fourth-order valence-corrected chi connectivity index (χ4v) is 2.99. The van der Waals surface area contributed by atoms with Crippen LogP contribution < -0.4 is 10.5 Å². The molecule has 1 amide bonds. The van der Waals surface area contributed by atoms with E-state index in [2.05, 4.69) is 5.32 Å². The van der Waals surface area contributed by atoms with Crippen molar-refractivity contribution in [2.45, 2.75) is 4.90 Å². The van der Waals surface area contributed by atoms with Crippen molar-refractivity contribution in [3.05, 3.63) is 57.4 Å². The summed E-state index contributed by atoms with van der Waals surface area (Å²) in [6, 6.07) is 9.61. The number of amides is 1. The molecule has 21 heavy (non-hydrogen) atoms. The van der Waals surface area contributed by atoms with Gasteiger partial charge in [-0.25, -0.2) is 17.9 Å². The van der Waals surface area contributed by atoms with Crippen LogP contribution >= 0.6 is 22.6 Å². The third kappa shape index (κ3) is 3.77. The van der Waals surface area contributed by atoms with Gasteiger partial charge >= 0.3 is 0 Å². The Labute approximate surface area is 134 Å². The highest BCUT2D eigenvalue weighted by atomic mass is 127. The Morgan fingerprint density at radius 1 is 1.19 bits per heavy atom. The van der Waals surface area contributed by atoms with Crippen LogP contribution in [0.25, 0.3) is 0 Å². The van der Waals surface area contributed by atoms with E-state index in [9.17, 15) is 17.6 Å². The van der Waals surface area contributed by atoms with Crippen LogP contribution in [0.5, 0.6) is 0 Å². The molecule has 0 aromatic heterocycles. The Bertz CT molecular complexity index is 809. The van der Waals surface area contributed by atoms with Crippen molar-refractivity contribution in [2.75, 3.05) is 5.32 Å². The first kappa shape index (κ1) is 15.9. The van der Waals surface area contributed by atoms with Crippen molar-refractivity contribution in [2.24, 2.45) is 5.14 Å². The minimum Gasteiger partial charge on any atom is -0.321 e. The summed E-state index contributed by atoms with van der Waals surface area (Å²) in [6.45, 7) is 0. The highest BCUT2D eigenvalue weighted by molar-refractivity contribution is 14.1. The molecule has 5 nitrogen and oxygen atoms in total. The molecule has 0 radical (unpaired) electrons. The average molecular weight is 420 g/mol. The number of primary sulfonamides is 1. The van der Waals surface area contributed by atoms with Gasteiger partial charge in [-0.1, -0.05) is 12.1 Å². The summed E-state index contributed by atoms with van der Waals surface area (Å²) in [4.78, 5) is 11.8. The van der Waals surface area contributed by atoms with E-state index in [1.165, 1.54) is 0 Å². The van der Waals surface area contributed by atoms with E-state index < -0.39 is 21.7 Å². The molecule has 0 saturated carbocycles. The summed E-state index contributed by atoms with van der Waals surface area (Å²) in [5.41, 5.74) is 0.157. The van der Waals surface area contributed by atoms with Gasteiger partial charge in [0.1, 0.15) is 10.7 Å². The SMILES string of the molecule is NS(=O)(=O)c1ccc(F)cc1NC(=O)c1ccccc1I. The fourth-order valence-electron chi connectivity index (χ4n) is 1.68. The number of carbonyl (C=O) groups excluding carboxylic acids is 1. The van der Waals surface area contributed by atoms with Crippen LogP contribution in [0.2, 0.25) is 0 Å². The van der Waals surface area contributed by atoms with Crippen LogP contribution in [0.4, 0.5) is 10.1 Å². The lowest BCUT2D eigenvalue weighted by molar-refractivity contribution is 0.102. The van der Waals surface area contributed by atoms with E-state index in [-0.39, 0.29) is 10.6 Å². The van der Waals surface area contributed by atoms with E-state index in [1.807, 2.05) is 22.6 Å². The summed E-state index contributed by atoms with van der Waals surface area (Å²) in [6.07, 6.45) is 0. The number of benzene rings is 2. The van der Waals surface area contributed by atoms with E-state index in [0.29, 0.717) is 9.13 Å². The molecule has 0 atom stereocenters. The molecule has 0 fully saturated rings. The summed E-state index contributed by atoms with van der Waals surface area (Å²) < 4.78 is 36.9. The zero-order valence-electron chi connectivity index (χ0n) is 10.5. The summed E-state index contributed by atoms with van der Waals surface area (Å²) >= 11 is 1.97.